The molecule has 0 saturated heterocycles. The standard InChI is InChI=1S/C27H28N2O4S/c1-4-33-26(30)20-11-14-24-23(17-20)28-27(34-18-21-7-5-6-8-25(21)32-3)29(24)16-15-19-9-12-22(31-2)13-10-19/h5-14,17H,4,15-16,18H2,1-3H3. The lowest BCUT2D eigenvalue weighted by Gasteiger charge is -2.11. The number of carbonyl (C=O) groups is 1. The molecule has 0 bridgehead atoms. The molecular weight excluding hydrogens is 448 g/mol. The van der Waals surface area contributed by atoms with Gasteiger partial charge in [0.2, 0.25) is 0 Å². The summed E-state index contributed by atoms with van der Waals surface area (Å²) >= 11 is 1.66. The number of hydrogen-bond acceptors (Lipinski definition) is 6. The number of hydrogen-bond donors (Lipinski definition) is 0. The molecule has 1 heterocycles. The molecule has 0 atom stereocenters. The van der Waals surface area contributed by atoms with Crippen molar-refractivity contribution in [2.75, 3.05) is 20.8 Å². The fourth-order valence-corrected chi connectivity index (χ4v) is 4.80. The van der Waals surface area contributed by atoms with Gasteiger partial charge in [0.1, 0.15) is 11.5 Å². The number of para-hydroxylation sites is 1. The zero-order valence-corrected chi connectivity index (χ0v) is 20.4. The third-order valence-electron chi connectivity index (χ3n) is 5.56. The molecular formula is C27H28N2O4S. The van der Waals surface area contributed by atoms with Crippen LogP contribution in [0, 0.1) is 0 Å². The number of fused-ring (bicyclic) bond motifs is 1. The average molecular weight is 477 g/mol. The molecule has 0 aliphatic rings. The van der Waals surface area contributed by atoms with Crippen LogP contribution in [0.25, 0.3) is 11.0 Å². The van der Waals surface area contributed by atoms with Gasteiger partial charge in [-0.15, -0.1) is 0 Å². The molecule has 0 radical (unpaired) electrons. The van der Waals surface area contributed by atoms with Crippen LogP contribution >= 0.6 is 11.8 Å². The van der Waals surface area contributed by atoms with E-state index < -0.39 is 0 Å². The first-order valence-corrected chi connectivity index (χ1v) is 12.2. The molecule has 0 saturated carbocycles. The van der Waals surface area contributed by atoms with Crippen LogP contribution in [-0.2, 0) is 23.5 Å². The Bertz CT molecular complexity index is 1270. The summed E-state index contributed by atoms with van der Waals surface area (Å²) in [4.78, 5) is 17.1. The Morgan fingerprint density at radius 2 is 1.79 bits per heavy atom. The number of methoxy groups -OCH3 is 2. The smallest absolute Gasteiger partial charge is 0.338 e. The Hall–Kier alpha value is -3.45. The van der Waals surface area contributed by atoms with Crippen molar-refractivity contribution in [1.82, 2.24) is 9.55 Å². The zero-order chi connectivity index (χ0) is 23.9. The highest BCUT2D eigenvalue weighted by atomic mass is 32.2. The van der Waals surface area contributed by atoms with E-state index in [0.717, 1.165) is 52.0 Å². The van der Waals surface area contributed by atoms with Crippen LogP contribution in [0.2, 0.25) is 0 Å². The van der Waals surface area contributed by atoms with Gasteiger partial charge in [0.25, 0.3) is 0 Å². The number of imidazole rings is 1. The first kappa shape index (κ1) is 23.7. The molecule has 3 aromatic carbocycles. The van der Waals surface area contributed by atoms with Gasteiger partial charge in [0.15, 0.2) is 5.16 Å². The molecule has 6 nitrogen and oxygen atoms in total. The quantitative estimate of drug-likeness (QED) is 0.214. The summed E-state index contributed by atoms with van der Waals surface area (Å²) in [6.07, 6.45) is 0.845. The van der Waals surface area contributed by atoms with Gasteiger partial charge in [-0.3, -0.25) is 0 Å². The average Bonchev–Trinajstić information content (AvgIpc) is 3.23. The fraction of sp³-hybridized carbons (Fsp3) is 0.259. The highest BCUT2D eigenvalue weighted by molar-refractivity contribution is 7.98. The Kier molecular flexibility index (Phi) is 7.75. The number of aromatic nitrogens is 2. The largest absolute Gasteiger partial charge is 0.497 e. The van der Waals surface area contributed by atoms with Gasteiger partial charge >= 0.3 is 5.97 Å². The SMILES string of the molecule is CCOC(=O)c1ccc2c(c1)nc(SCc1ccccc1OC)n2CCc1ccc(OC)cc1. The van der Waals surface area contributed by atoms with Crippen LogP contribution in [-0.4, -0.2) is 36.3 Å². The Morgan fingerprint density at radius 3 is 2.53 bits per heavy atom. The first-order valence-electron chi connectivity index (χ1n) is 11.2. The number of benzene rings is 3. The van der Waals surface area contributed by atoms with E-state index in [9.17, 15) is 4.79 Å². The topological polar surface area (TPSA) is 62.6 Å². The van der Waals surface area contributed by atoms with Gasteiger partial charge in [0, 0.05) is 17.9 Å². The number of nitrogens with zero attached hydrogens (tertiary/aromatic N) is 2. The minimum Gasteiger partial charge on any atom is -0.497 e. The van der Waals surface area contributed by atoms with Crippen LogP contribution < -0.4 is 9.47 Å². The third-order valence-corrected chi connectivity index (χ3v) is 6.58. The van der Waals surface area contributed by atoms with Gasteiger partial charge in [-0.05, 0) is 55.3 Å². The Morgan fingerprint density at radius 1 is 1.00 bits per heavy atom. The lowest BCUT2D eigenvalue weighted by molar-refractivity contribution is 0.0526. The van der Waals surface area contributed by atoms with E-state index in [2.05, 4.69) is 22.8 Å². The molecule has 34 heavy (non-hydrogen) atoms. The summed E-state index contributed by atoms with van der Waals surface area (Å²) in [7, 11) is 3.35. The maximum atomic E-state index is 12.2. The Balaban J connectivity index is 1.63. The molecule has 0 fully saturated rings. The van der Waals surface area contributed by atoms with Gasteiger partial charge in [-0.1, -0.05) is 42.1 Å². The number of esters is 1. The summed E-state index contributed by atoms with van der Waals surface area (Å²) in [5.41, 5.74) is 4.60. The number of carbonyl (C=O) groups excluding carboxylic acids is 1. The number of thioether (sulfide) groups is 1. The van der Waals surface area contributed by atoms with E-state index in [1.54, 1.807) is 39.0 Å². The molecule has 0 unspecified atom stereocenters. The molecule has 176 valence electrons. The van der Waals surface area contributed by atoms with Crippen LogP contribution in [0.3, 0.4) is 0 Å². The van der Waals surface area contributed by atoms with Crippen molar-refractivity contribution in [3.05, 3.63) is 83.4 Å². The lowest BCUT2D eigenvalue weighted by Crippen LogP contribution is -2.05. The molecule has 4 rings (SSSR count). The van der Waals surface area contributed by atoms with Crippen molar-refractivity contribution in [2.45, 2.75) is 30.8 Å². The second-order valence-corrected chi connectivity index (χ2v) is 8.61. The number of aryl methyl sites for hydroxylation is 2. The van der Waals surface area contributed by atoms with E-state index in [1.807, 2.05) is 42.5 Å². The molecule has 1 aromatic heterocycles. The minimum absolute atomic E-state index is 0.333. The van der Waals surface area contributed by atoms with Crippen molar-refractivity contribution in [2.24, 2.45) is 0 Å². The molecule has 7 heteroatoms. The normalized spacial score (nSPS) is 10.9. The number of rotatable bonds is 10. The lowest BCUT2D eigenvalue weighted by atomic mass is 10.1. The summed E-state index contributed by atoms with van der Waals surface area (Å²) in [5, 5.41) is 0.899. The van der Waals surface area contributed by atoms with E-state index in [0.29, 0.717) is 12.2 Å². The molecule has 0 aliphatic carbocycles. The van der Waals surface area contributed by atoms with Crippen LogP contribution in [0.4, 0.5) is 0 Å². The van der Waals surface area contributed by atoms with Crippen molar-refractivity contribution >= 4 is 28.8 Å². The monoisotopic (exact) mass is 476 g/mol. The second-order valence-electron chi connectivity index (χ2n) is 7.67. The van der Waals surface area contributed by atoms with Gasteiger partial charge < -0.3 is 18.8 Å². The predicted octanol–water partition coefficient (Wildman–Crippen LogP) is 5.77. The third kappa shape index (κ3) is 5.37. The van der Waals surface area contributed by atoms with Crippen molar-refractivity contribution in [3.63, 3.8) is 0 Å². The summed E-state index contributed by atoms with van der Waals surface area (Å²) in [6, 6.07) is 21.7. The van der Waals surface area contributed by atoms with E-state index >= 15 is 0 Å². The van der Waals surface area contributed by atoms with Gasteiger partial charge in [0.05, 0.1) is 37.4 Å². The van der Waals surface area contributed by atoms with E-state index in [4.69, 9.17) is 19.2 Å². The van der Waals surface area contributed by atoms with Crippen LogP contribution in [0.15, 0.2) is 71.9 Å². The highest BCUT2D eigenvalue weighted by Gasteiger charge is 2.16. The van der Waals surface area contributed by atoms with Gasteiger partial charge in [-0.2, -0.15) is 0 Å². The highest BCUT2D eigenvalue weighted by Crippen LogP contribution is 2.31. The second kappa shape index (κ2) is 11.1. The molecule has 0 N–H and O–H groups in total. The molecule has 0 spiro atoms. The summed E-state index contributed by atoms with van der Waals surface area (Å²) in [6.45, 7) is 2.90. The van der Waals surface area contributed by atoms with Crippen molar-refractivity contribution < 1.29 is 19.0 Å². The molecule has 4 aromatic rings. The van der Waals surface area contributed by atoms with Crippen LogP contribution in [0.1, 0.15) is 28.4 Å². The van der Waals surface area contributed by atoms with Gasteiger partial charge in [-0.25, -0.2) is 9.78 Å². The van der Waals surface area contributed by atoms with Crippen LogP contribution in [0.5, 0.6) is 11.5 Å². The maximum absolute atomic E-state index is 12.2. The zero-order valence-electron chi connectivity index (χ0n) is 19.6. The summed E-state index contributed by atoms with van der Waals surface area (Å²) < 4.78 is 18.2. The Labute approximate surface area is 203 Å². The fourth-order valence-electron chi connectivity index (χ4n) is 3.77. The first-order chi connectivity index (χ1) is 16.6. The molecule has 0 amide bonds. The predicted molar refractivity (Wildman–Crippen MR) is 135 cm³/mol. The minimum atomic E-state index is -0.333. The van der Waals surface area contributed by atoms with E-state index in [-0.39, 0.29) is 5.97 Å². The summed E-state index contributed by atoms with van der Waals surface area (Å²) in [5.74, 6) is 2.10. The molecule has 0 aliphatic heterocycles. The van der Waals surface area contributed by atoms with E-state index in [1.165, 1.54) is 5.56 Å². The maximum Gasteiger partial charge on any atom is 0.338 e. The van der Waals surface area contributed by atoms with Crippen molar-refractivity contribution in [1.29, 1.82) is 0 Å². The van der Waals surface area contributed by atoms with Crippen molar-refractivity contribution in [3.8, 4) is 11.5 Å². The number of ether oxygens (including phenoxy) is 3.